The molecule has 1 aromatic carbocycles. The molecule has 0 bridgehead atoms. The van der Waals surface area contributed by atoms with Crippen LogP contribution in [0.1, 0.15) is 28.8 Å². The summed E-state index contributed by atoms with van der Waals surface area (Å²) in [7, 11) is 0. The maximum Gasteiger partial charge on any atom is 0.419 e. The second-order valence-electron chi connectivity index (χ2n) is 4.64. The molecule has 1 aliphatic rings. The summed E-state index contributed by atoms with van der Waals surface area (Å²) < 4.78 is 51.8. The molecule has 0 atom stereocenters. The Morgan fingerprint density at radius 3 is 2.55 bits per heavy atom. The summed E-state index contributed by atoms with van der Waals surface area (Å²) >= 11 is 0. The quantitative estimate of drug-likeness (QED) is 0.611. The van der Waals surface area contributed by atoms with Gasteiger partial charge in [-0.15, -0.1) is 6.58 Å². The van der Waals surface area contributed by atoms with E-state index in [4.69, 9.17) is 0 Å². The van der Waals surface area contributed by atoms with Gasteiger partial charge in [0.25, 0.3) is 5.91 Å². The van der Waals surface area contributed by atoms with Crippen molar-refractivity contribution < 1.29 is 22.4 Å². The molecular formula is C14H13F4NO. The van der Waals surface area contributed by atoms with E-state index in [0.29, 0.717) is 6.07 Å². The Morgan fingerprint density at radius 1 is 1.40 bits per heavy atom. The fourth-order valence-corrected chi connectivity index (χ4v) is 1.99. The molecule has 20 heavy (non-hydrogen) atoms. The molecule has 2 nitrogen and oxygen atoms in total. The lowest BCUT2D eigenvalue weighted by atomic mass is 10.1. The van der Waals surface area contributed by atoms with Crippen LogP contribution in [0.5, 0.6) is 0 Å². The Bertz CT molecular complexity index is 534. The lowest BCUT2D eigenvalue weighted by Gasteiger charge is -2.21. The first-order valence-corrected chi connectivity index (χ1v) is 6.14. The predicted molar refractivity (Wildman–Crippen MR) is 65.7 cm³/mol. The van der Waals surface area contributed by atoms with Gasteiger partial charge in [-0.25, -0.2) is 4.39 Å². The molecule has 0 spiro atoms. The summed E-state index contributed by atoms with van der Waals surface area (Å²) in [6.07, 6.45) is -1.79. The molecular weight excluding hydrogens is 274 g/mol. The van der Waals surface area contributed by atoms with Crippen LogP contribution in [0.15, 0.2) is 30.9 Å². The fraction of sp³-hybridized carbons (Fsp3) is 0.357. The number of carbonyl (C=O) groups is 1. The number of hydrogen-bond acceptors (Lipinski definition) is 1. The van der Waals surface area contributed by atoms with Gasteiger partial charge in [0.1, 0.15) is 5.82 Å². The van der Waals surface area contributed by atoms with Gasteiger partial charge < -0.3 is 4.90 Å². The number of halogens is 4. The molecule has 0 aliphatic heterocycles. The molecule has 6 heteroatoms. The lowest BCUT2D eigenvalue weighted by Crippen LogP contribution is -2.34. The molecule has 0 N–H and O–H groups in total. The standard InChI is InChI=1S/C14H13F4NO/c1-2-8-19(9-6-7-9)13(20)10-4-3-5-11(12(10)15)14(16,17)18/h2-5,9H,1,6-8H2. The second-order valence-corrected chi connectivity index (χ2v) is 4.64. The molecule has 0 unspecified atom stereocenters. The van der Waals surface area contributed by atoms with Gasteiger partial charge in [-0.1, -0.05) is 12.1 Å². The third kappa shape index (κ3) is 2.84. The van der Waals surface area contributed by atoms with E-state index in [1.165, 1.54) is 11.0 Å². The van der Waals surface area contributed by atoms with E-state index >= 15 is 0 Å². The number of nitrogens with zero attached hydrogens (tertiary/aromatic N) is 1. The van der Waals surface area contributed by atoms with Crippen LogP contribution in [0.2, 0.25) is 0 Å². The summed E-state index contributed by atoms with van der Waals surface area (Å²) in [4.78, 5) is 13.5. The average Bonchev–Trinajstić information content (AvgIpc) is 3.18. The fourth-order valence-electron chi connectivity index (χ4n) is 1.99. The van der Waals surface area contributed by atoms with Crippen molar-refractivity contribution in [3.8, 4) is 0 Å². The highest BCUT2D eigenvalue weighted by atomic mass is 19.4. The van der Waals surface area contributed by atoms with Crippen LogP contribution in [0.3, 0.4) is 0 Å². The maximum atomic E-state index is 13.9. The predicted octanol–water partition coefficient (Wildman–Crippen LogP) is 3.64. The monoisotopic (exact) mass is 287 g/mol. The van der Waals surface area contributed by atoms with Crippen molar-refractivity contribution in [3.63, 3.8) is 0 Å². The molecule has 1 amide bonds. The maximum absolute atomic E-state index is 13.9. The summed E-state index contributed by atoms with van der Waals surface area (Å²) in [5.74, 6) is -2.24. The van der Waals surface area contributed by atoms with Crippen molar-refractivity contribution in [2.24, 2.45) is 0 Å². The van der Waals surface area contributed by atoms with Gasteiger partial charge in [-0.2, -0.15) is 13.2 Å². The number of amides is 1. The van der Waals surface area contributed by atoms with Crippen molar-refractivity contribution in [2.75, 3.05) is 6.54 Å². The highest BCUT2D eigenvalue weighted by Gasteiger charge is 2.38. The van der Waals surface area contributed by atoms with Crippen LogP contribution in [-0.2, 0) is 6.18 Å². The smallest absolute Gasteiger partial charge is 0.332 e. The minimum Gasteiger partial charge on any atom is -0.332 e. The van der Waals surface area contributed by atoms with Gasteiger partial charge in [0.2, 0.25) is 0 Å². The largest absolute Gasteiger partial charge is 0.419 e. The Kier molecular flexibility index (Phi) is 3.83. The van der Waals surface area contributed by atoms with E-state index < -0.39 is 29.0 Å². The third-order valence-electron chi connectivity index (χ3n) is 3.11. The summed E-state index contributed by atoms with van der Waals surface area (Å²) in [5.41, 5.74) is -1.97. The van der Waals surface area contributed by atoms with E-state index in [0.717, 1.165) is 25.0 Å². The minimum absolute atomic E-state index is 0.0329. The van der Waals surface area contributed by atoms with E-state index in [-0.39, 0.29) is 12.6 Å². The second kappa shape index (κ2) is 5.26. The minimum atomic E-state index is -4.82. The molecule has 2 rings (SSSR count). The van der Waals surface area contributed by atoms with Crippen molar-refractivity contribution in [1.29, 1.82) is 0 Å². The van der Waals surface area contributed by atoms with Gasteiger partial charge in [0.05, 0.1) is 11.1 Å². The molecule has 108 valence electrons. The Balaban J connectivity index is 2.36. The van der Waals surface area contributed by atoms with Crippen LogP contribution in [-0.4, -0.2) is 23.4 Å². The highest BCUT2D eigenvalue weighted by Crippen LogP contribution is 2.34. The average molecular weight is 287 g/mol. The summed E-state index contributed by atoms with van der Waals surface area (Å²) in [5, 5.41) is 0. The van der Waals surface area contributed by atoms with Crippen molar-refractivity contribution in [1.82, 2.24) is 4.90 Å². The molecule has 1 aromatic rings. The molecule has 0 heterocycles. The van der Waals surface area contributed by atoms with Crippen LogP contribution >= 0.6 is 0 Å². The van der Waals surface area contributed by atoms with E-state index in [2.05, 4.69) is 6.58 Å². The first kappa shape index (κ1) is 14.6. The summed E-state index contributed by atoms with van der Waals surface area (Å²) in [6, 6.07) is 2.71. The van der Waals surface area contributed by atoms with E-state index in [1.807, 2.05) is 0 Å². The lowest BCUT2D eigenvalue weighted by molar-refractivity contribution is -0.140. The zero-order valence-electron chi connectivity index (χ0n) is 10.6. The van der Waals surface area contributed by atoms with Gasteiger partial charge >= 0.3 is 6.18 Å². The zero-order chi connectivity index (χ0) is 14.9. The number of hydrogen-bond donors (Lipinski definition) is 0. The van der Waals surface area contributed by atoms with Crippen molar-refractivity contribution >= 4 is 5.91 Å². The third-order valence-corrected chi connectivity index (χ3v) is 3.11. The highest BCUT2D eigenvalue weighted by molar-refractivity contribution is 5.95. The molecule has 1 fully saturated rings. The van der Waals surface area contributed by atoms with E-state index in [9.17, 15) is 22.4 Å². The first-order valence-electron chi connectivity index (χ1n) is 6.14. The Morgan fingerprint density at radius 2 is 2.05 bits per heavy atom. The first-order chi connectivity index (χ1) is 9.36. The number of rotatable bonds is 4. The number of carbonyl (C=O) groups excluding carboxylic acids is 1. The number of benzene rings is 1. The normalized spacial score (nSPS) is 15.0. The van der Waals surface area contributed by atoms with Gasteiger partial charge in [-0.05, 0) is 25.0 Å². The van der Waals surface area contributed by atoms with Gasteiger partial charge in [0, 0.05) is 12.6 Å². The van der Waals surface area contributed by atoms with E-state index in [1.54, 1.807) is 0 Å². The van der Waals surface area contributed by atoms with Gasteiger partial charge in [-0.3, -0.25) is 4.79 Å². The number of alkyl halides is 3. The Labute approximate surface area is 113 Å². The molecule has 0 aromatic heterocycles. The van der Waals surface area contributed by atoms with Crippen LogP contribution in [0.25, 0.3) is 0 Å². The molecule has 0 radical (unpaired) electrons. The topological polar surface area (TPSA) is 20.3 Å². The summed E-state index contributed by atoms with van der Waals surface area (Å²) in [6.45, 7) is 3.69. The van der Waals surface area contributed by atoms with Crippen molar-refractivity contribution in [3.05, 3.63) is 47.8 Å². The molecule has 1 saturated carbocycles. The SMILES string of the molecule is C=CCN(C(=O)c1cccc(C(F)(F)F)c1F)C1CC1. The van der Waals surface area contributed by atoms with Crippen molar-refractivity contribution in [2.45, 2.75) is 25.1 Å². The van der Waals surface area contributed by atoms with Crippen LogP contribution in [0, 0.1) is 5.82 Å². The molecule has 0 saturated heterocycles. The van der Waals surface area contributed by atoms with Gasteiger partial charge in [0.15, 0.2) is 0 Å². The Hall–Kier alpha value is -1.85. The van der Waals surface area contributed by atoms with Crippen LogP contribution < -0.4 is 0 Å². The van der Waals surface area contributed by atoms with Crippen LogP contribution in [0.4, 0.5) is 17.6 Å². The zero-order valence-corrected chi connectivity index (χ0v) is 10.6. The molecule has 1 aliphatic carbocycles.